The van der Waals surface area contributed by atoms with Crippen LogP contribution in [-0.4, -0.2) is 28.5 Å². The summed E-state index contributed by atoms with van der Waals surface area (Å²) in [4.78, 5) is 21.9. The monoisotopic (exact) mass is 452 g/mol. The van der Waals surface area contributed by atoms with Crippen molar-refractivity contribution >= 4 is 22.6 Å². The first kappa shape index (κ1) is 21.9. The normalized spacial score (nSPS) is 17.8. The first-order valence-corrected chi connectivity index (χ1v) is 11.8. The standard InChI is InChI=1S/C28H28N4O2/c33-27(24-10-6-18-29-28(24)34-23-8-2-1-3-9-23)30-19-20-12-15-22(16-13-20)31-26-17-14-21-7-4-5-11-25(21)32-26/h1-11,14,17-18,20,22H,12-13,15-16,19H2,(H,30,33)(H,31,32)/t20-,22+. The van der Waals surface area contributed by atoms with Crippen molar-refractivity contribution in [2.45, 2.75) is 31.7 Å². The Bertz CT molecular complexity index is 1250. The fourth-order valence-electron chi connectivity index (χ4n) is 4.44. The van der Waals surface area contributed by atoms with Gasteiger partial charge in [-0.15, -0.1) is 0 Å². The van der Waals surface area contributed by atoms with Crippen LogP contribution in [0.3, 0.4) is 0 Å². The number of hydrogen-bond acceptors (Lipinski definition) is 5. The Hall–Kier alpha value is -3.93. The smallest absolute Gasteiger partial charge is 0.256 e. The van der Waals surface area contributed by atoms with E-state index in [1.54, 1.807) is 18.3 Å². The number of carbonyl (C=O) groups excluding carboxylic acids is 1. The Kier molecular flexibility index (Phi) is 6.66. The van der Waals surface area contributed by atoms with Crippen LogP contribution in [0.4, 0.5) is 5.82 Å². The van der Waals surface area contributed by atoms with Crippen molar-refractivity contribution in [3.63, 3.8) is 0 Å². The van der Waals surface area contributed by atoms with E-state index in [1.165, 1.54) is 0 Å². The molecule has 0 atom stereocenters. The zero-order chi connectivity index (χ0) is 23.2. The summed E-state index contributed by atoms with van der Waals surface area (Å²) < 4.78 is 5.83. The first-order valence-electron chi connectivity index (χ1n) is 11.8. The lowest BCUT2D eigenvalue weighted by Gasteiger charge is -2.29. The molecule has 2 heterocycles. The van der Waals surface area contributed by atoms with E-state index in [9.17, 15) is 4.79 Å². The number of nitrogens with one attached hydrogen (secondary N) is 2. The fourth-order valence-corrected chi connectivity index (χ4v) is 4.44. The molecule has 4 aromatic rings. The number of ether oxygens (including phenoxy) is 1. The Morgan fingerprint density at radius 3 is 2.53 bits per heavy atom. The van der Waals surface area contributed by atoms with Crippen molar-refractivity contribution in [3.05, 3.63) is 90.6 Å². The highest BCUT2D eigenvalue weighted by molar-refractivity contribution is 5.96. The van der Waals surface area contributed by atoms with E-state index < -0.39 is 0 Å². The average Bonchev–Trinajstić information content (AvgIpc) is 2.89. The van der Waals surface area contributed by atoms with Gasteiger partial charge in [0, 0.05) is 24.2 Å². The summed E-state index contributed by atoms with van der Waals surface area (Å²) in [5, 5.41) is 7.83. The highest BCUT2D eigenvalue weighted by atomic mass is 16.5. The molecule has 6 nitrogen and oxygen atoms in total. The predicted octanol–water partition coefficient (Wildman–Crippen LogP) is 5.82. The van der Waals surface area contributed by atoms with Crippen molar-refractivity contribution in [2.75, 3.05) is 11.9 Å². The van der Waals surface area contributed by atoms with E-state index in [-0.39, 0.29) is 5.91 Å². The van der Waals surface area contributed by atoms with Crippen LogP contribution in [0.5, 0.6) is 11.6 Å². The van der Waals surface area contributed by atoms with Gasteiger partial charge in [0.1, 0.15) is 17.1 Å². The Morgan fingerprint density at radius 2 is 1.68 bits per heavy atom. The third-order valence-electron chi connectivity index (χ3n) is 6.32. The maximum Gasteiger partial charge on any atom is 0.256 e. The van der Waals surface area contributed by atoms with Crippen molar-refractivity contribution in [1.82, 2.24) is 15.3 Å². The maximum atomic E-state index is 12.9. The van der Waals surface area contributed by atoms with Gasteiger partial charge in [-0.25, -0.2) is 9.97 Å². The zero-order valence-corrected chi connectivity index (χ0v) is 19.0. The SMILES string of the molecule is O=C(NC[C@H]1CC[C@@H](Nc2ccc3ccccc3n2)CC1)c1cccnc1Oc1ccccc1. The summed E-state index contributed by atoms with van der Waals surface area (Å²) in [7, 11) is 0. The van der Waals surface area contributed by atoms with Crippen molar-refractivity contribution in [3.8, 4) is 11.6 Å². The fraction of sp³-hybridized carbons (Fsp3) is 0.250. The number of nitrogens with zero attached hydrogens (tertiary/aromatic N) is 2. The van der Waals surface area contributed by atoms with Gasteiger partial charge in [-0.3, -0.25) is 4.79 Å². The van der Waals surface area contributed by atoms with Crippen molar-refractivity contribution < 1.29 is 9.53 Å². The van der Waals surface area contributed by atoms with E-state index in [0.29, 0.717) is 35.7 Å². The number of aromatic nitrogens is 2. The molecular weight excluding hydrogens is 424 g/mol. The molecule has 1 aliphatic carbocycles. The molecule has 172 valence electrons. The minimum atomic E-state index is -0.153. The minimum absolute atomic E-state index is 0.153. The molecule has 2 N–H and O–H groups in total. The first-order chi connectivity index (χ1) is 16.7. The highest BCUT2D eigenvalue weighted by Crippen LogP contribution is 2.27. The van der Waals surface area contributed by atoms with Gasteiger partial charge in [0.2, 0.25) is 5.88 Å². The number of fused-ring (bicyclic) bond motifs is 1. The number of anilines is 1. The molecule has 1 fully saturated rings. The van der Waals surface area contributed by atoms with Gasteiger partial charge in [-0.1, -0.05) is 36.4 Å². The van der Waals surface area contributed by atoms with Crippen molar-refractivity contribution in [2.24, 2.45) is 5.92 Å². The second kappa shape index (κ2) is 10.3. The van der Waals surface area contributed by atoms with Gasteiger partial charge in [-0.05, 0) is 74.1 Å². The Morgan fingerprint density at radius 1 is 0.882 bits per heavy atom. The van der Waals surface area contributed by atoms with Gasteiger partial charge >= 0.3 is 0 Å². The van der Waals surface area contributed by atoms with Crippen LogP contribution < -0.4 is 15.4 Å². The lowest BCUT2D eigenvalue weighted by atomic mass is 9.86. The quantitative estimate of drug-likeness (QED) is 0.369. The summed E-state index contributed by atoms with van der Waals surface area (Å²) in [6.45, 7) is 0.652. The topological polar surface area (TPSA) is 76.1 Å². The molecule has 0 saturated heterocycles. The number of carbonyl (C=O) groups is 1. The van der Waals surface area contributed by atoms with Crippen LogP contribution in [0, 0.1) is 5.92 Å². The van der Waals surface area contributed by atoms with Gasteiger partial charge < -0.3 is 15.4 Å². The summed E-state index contributed by atoms with van der Waals surface area (Å²) in [6.07, 6.45) is 5.88. The molecule has 6 heteroatoms. The van der Waals surface area contributed by atoms with E-state index >= 15 is 0 Å². The molecule has 2 aromatic heterocycles. The average molecular weight is 453 g/mol. The number of hydrogen-bond donors (Lipinski definition) is 2. The third-order valence-corrected chi connectivity index (χ3v) is 6.32. The van der Waals surface area contributed by atoms with Crippen LogP contribution in [0.1, 0.15) is 36.0 Å². The molecule has 0 spiro atoms. The molecule has 5 rings (SSSR count). The highest BCUT2D eigenvalue weighted by Gasteiger charge is 2.23. The van der Waals surface area contributed by atoms with Crippen LogP contribution in [0.2, 0.25) is 0 Å². The third kappa shape index (κ3) is 5.34. The number of pyridine rings is 2. The summed E-state index contributed by atoms with van der Waals surface area (Å²) in [5.74, 6) is 2.21. The Balaban J connectivity index is 1.12. The predicted molar refractivity (Wildman–Crippen MR) is 134 cm³/mol. The van der Waals surface area contributed by atoms with E-state index in [0.717, 1.165) is 42.4 Å². The minimum Gasteiger partial charge on any atom is -0.438 e. The van der Waals surface area contributed by atoms with Gasteiger partial charge in [-0.2, -0.15) is 0 Å². The second-order valence-corrected chi connectivity index (χ2v) is 8.73. The number of rotatable bonds is 7. The van der Waals surface area contributed by atoms with Gasteiger partial charge in [0.25, 0.3) is 5.91 Å². The van der Waals surface area contributed by atoms with Crippen LogP contribution in [0.25, 0.3) is 10.9 Å². The molecule has 1 aliphatic rings. The largest absolute Gasteiger partial charge is 0.438 e. The van der Waals surface area contributed by atoms with Crippen LogP contribution in [-0.2, 0) is 0 Å². The molecule has 34 heavy (non-hydrogen) atoms. The molecule has 1 amide bonds. The summed E-state index contributed by atoms with van der Waals surface area (Å²) in [5.41, 5.74) is 1.46. The maximum absolute atomic E-state index is 12.9. The molecule has 0 aliphatic heterocycles. The summed E-state index contributed by atoms with van der Waals surface area (Å²) >= 11 is 0. The van der Waals surface area contributed by atoms with Crippen molar-refractivity contribution in [1.29, 1.82) is 0 Å². The van der Waals surface area contributed by atoms with E-state index in [1.807, 2.05) is 48.5 Å². The number of amides is 1. The summed E-state index contributed by atoms with van der Waals surface area (Å²) in [6, 6.07) is 25.6. The molecule has 1 saturated carbocycles. The van der Waals surface area contributed by atoms with E-state index in [4.69, 9.17) is 9.72 Å². The second-order valence-electron chi connectivity index (χ2n) is 8.73. The molecular formula is C28H28N4O2. The molecule has 0 unspecified atom stereocenters. The zero-order valence-electron chi connectivity index (χ0n) is 19.0. The molecule has 0 bridgehead atoms. The van der Waals surface area contributed by atoms with Crippen LogP contribution in [0.15, 0.2) is 85.1 Å². The van der Waals surface area contributed by atoms with Gasteiger partial charge in [0.05, 0.1) is 5.52 Å². The van der Waals surface area contributed by atoms with Gasteiger partial charge in [0.15, 0.2) is 0 Å². The van der Waals surface area contributed by atoms with E-state index in [2.05, 4.69) is 33.8 Å². The lowest BCUT2D eigenvalue weighted by Crippen LogP contribution is -2.34. The Labute approximate surface area is 199 Å². The number of benzene rings is 2. The van der Waals surface area contributed by atoms with Crippen LogP contribution >= 0.6 is 0 Å². The molecule has 0 radical (unpaired) electrons. The molecule has 2 aromatic carbocycles. The number of para-hydroxylation sites is 2. The lowest BCUT2D eigenvalue weighted by molar-refractivity contribution is 0.0940.